The van der Waals surface area contributed by atoms with Gasteiger partial charge in [0.1, 0.15) is 5.00 Å². The molecule has 2 amide bonds. The van der Waals surface area contributed by atoms with Crippen LogP contribution in [-0.4, -0.2) is 34.2 Å². The molecular weight excluding hydrogens is 464 g/mol. The summed E-state index contributed by atoms with van der Waals surface area (Å²) >= 11 is 7.56. The summed E-state index contributed by atoms with van der Waals surface area (Å²) in [6, 6.07) is 6.64. The number of carbonyl (C=O) groups excluding carboxylic acids is 3. The number of primary amides is 1. The number of nitrogens with one attached hydrogen (secondary N) is 1. The van der Waals surface area contributed by atoms with Crippen molar-refractivity contribution in [2.24, 2.45) is 5.73 Å². The van der Waals surface area contributed by atoms with E-state index in [2.05, 4.69) is 10.4 Å². The number of aryl methyl sites for hydroxylation is 2. The Bertz CT molecular complexity index is 1250. The van der Waals surface area contributed by atoms with Crippen LogP contribution in [0.15, 0.2) is 24.3 Å². The lowest BCUT2D eigenvalue weighted by Crippen LogP contribution is -2.23. The minimum absolute atomic E-state index is 0.295. The smallest absolute Gasteiger partial charge is 0.338 e. The molecule has 1 aromatic carbocycles. The number of hydrogen-bond donors (Lipinski definition) is 2. The van der Waals surface area contributed by atoms with Gasteiger partial charge in [0, 0.05) is 4.88 Å². The lowest BCUT2D eigenvalue weighted by atomic mass is 9.95. The van der Waals surface area contributed by atoms with E-state index in [1.807, 2.05) is 13.8 Å². The fourth-order valence-corrected chi connectivity index (χ4v) is 5.33. The van der Waals surface area contributed by atoms with Crippen LogP contribution in [0.2, 0.25) is 5.02 Å². The zero-order chi connectivity index (χ0) is 23.7. The Labute approximate surface area is 199 Å². The normalized spacial score (nSPS) is 12.8. The van der Waals surface area contributed by atoms with Crippen molar-refractivity contribution in [2.75, 3.05) is 11.9 Å². The van der Waals surface area contributed by atoms with E-state index in [0.717, 1.165) is 53.2 Å². The van der Waals surface area contributed by atoms with Gasteiger partial charge in [0.15, 0.2) is 6.61 Å². The molecule has 2 aromatic heterocycles. The molecule has 33 heavy (non-hydrogen) atoms. The highest BCUT2D eigenvalue weighted by molar-refractivity contribution is 7.17. The first kappa shape index (κ1) is 23.0. The number of nitrogens with zero attached hydrogens (tertiary/aromatic N) is 2. The SMILES string of the molecule is Cc1nn(-c2ccc(C(=O)OCC(=O)Nc3sc4c(c3C(N)=O)CCCC4)cc2)c(C)c1Cl. The van der Waals surface area contributed by atoms with Crippen molar-refractivity contribution < 1.29 is 19.1 Å². The number of fused-ring (bicyclic) bond motifs is 1. The molecule has 2 heterocycles. The molecule has 1 aliphatic rings. The Balaban J connectivity index is 1.39. The Kier molecular flexibility index (Phi) is 6.53. The minimum Gasteiger partial charge on any atom is -0.452 e. The molecule has 8 nitrogen and oxygen atoms in total. The number of halogens is 1. The van der Waals surface area contributed by atoms with Gasteiger partial charge in [0.2, 0.25) is 0 Å². The molecule has 0 fully saturated rings. The molecule has 3 aromatic rings. The maximum absolute atomic E-state index is 12.4. The zero-order valence-electron chi connectivity index (χ0n) is 18.2. The van der Waals surface area contributed by atoms with Crippen molar-refractivity contribution in [3.8, 4) is 5.69 Å². The number of esters is 1. The molecule has 0 atom stereocenters. The van der Waals surface area contributed by atoms with Crippen molar-refractivity contribution in [2.45, 2.75) is 39.5 Å². The highest BCUT2D eigenvalue weighted by Gasteiger charge is 2.25. The van der Waals surface area contributed by atoms with Crippen molar-refractivity contribution in [1.29, 1.82) is 0 Å². The predicted octanol–water partition coefficient (Wildman–Crippen LogP) is 3.98. The Morgan fingerprint density at radius 1 is 1.18 bits per heavy atom. The summed E-state index contributed by atoms with van der Waals surface area (Å²) in [7, 11) is 0. The van der Waals surface area contributed by atoms with Gasteiger partial charge in [-0.05, 0) is 69.4 Å². The van der Waals surface area contributed by atoms with Crippen LogP contribution in [0.1, 0.15) is 55.4 Å². The topological polar surface area (TPSA) is 116 Å². The Morgan fingerprint density at radius 2 is 1.88 bits per heavy atom. The van der Waals surface area contributed by atoms with Crippen LogP contribution in [0, 0.1) is 13.8 Å². The van der Waals surface area contributed by atoms with Crippen molar-refractivity contribution in [3.05, 3.63) is 62.2 Å². The highest BCUT2D eigenvalue weighted by atomic mass is 35.5. The second-order valence-electron chi connectivity index (χ2n) is 7.85. The predicted molar refractivity (Wildman–Crippen MR) is 126 cm³/mol. The Hall–Kier alpha value is -3.17. The van der Waals surface area contributed by atoms with E-state index in [-0.39, 0.29) is 0 Å². The molecule has 172 valence electrons. The number of rotatable bonds is 6. The number of nitrogens with two attached hydrogens (primary N) is 1. The third-order valence-corrected chi connectivity index (χ3v) is 7.31. The van der Waals surface area contributed by atoms with Crippen molar-refractivity contribution in [1.82, 2.24) is 9.78 Å². The molecule has 4 rings (SSSR count). The summed E-state index contributed by atoms with van der Waals surface area (Å²) in [5.74, 6) is -1.73. The minimum atomic E-state index is -0.635. The molecule has 10 heteroatoms. The quantitative estimate of drug-likeness (QED) is 0.511. The number of benzene rings is 1. The van der Waals surface area contributed by atoms with Gasteiger partial charge >= 0.3 is 5.97 Å². The summed E-state index contributed by atoms with van der Waals surface area (Å²) in [4.78, 5) is 37.8. The van der Waals surface area contributed by atoms with E-state index < -0.39 is 24.4 Å². The van der Waals surface area contributed by atoms with Gasteiger partial charge in [-0.3, -0.25) is 9.59 Å². The number of aromatic nitrogens is 2. The lowest BCUT2D eigenvalue weighted by molar-refractivity contribution is -0.119. The summed E-state index contributed by atoms with van der Waals surface area (Å²) in [6.07, 6.45) is 3.67. The van der Waals surface area contributed by atoms with Gasteiger partial charge in [0.05, 0.1) is 33.2 Å². The van der Waals surface area contributed by atoms with Gasteiger partial charge in [0.25, 0.3) is 11.8 Å². The molecular formula is C23H23ClN4O4S. The van der Waals surface area contributed by atoms with E-state index in [1.165, 1.54) is 11.3 Å². The van der Waals surface area contributed by atoms with E-state index in [4.69, 9.17) is 22.1 Å². The van der Waals surface area contributed by atoms with E-state index in [1.54, 1.807) is 28.9 Å². The highest BCUT2D eigenvalue weighted by Crippen LogP contribution is 2.37. The van der Waals surface area contributed by atoms with E-state index in [0.29, 0.717) is 21.2 Å². The summed E-state index contributed by atoms with van der Waals surface area (Å²) in [6.45, 7) is 3.20. The van der Waals surface area contributed by atoms with Crippen LogP contribution in [0.25, 0.3) is 5.69 Å². The first-order chi connectivity index (χ1) is 15.8. The molecule has 3 N–H and O–H groups in total. The molecule has 0 bridgehead atoms. The van der Waals surface area contributed by atoms with Crippen LogP contribution >= 0.6 is 22.9 Å². The number of amides is 2. The number of carbonyl (C=O) groups is 3. The second kappa shape index (κ2) is 9.36. The average molecular weight is 487 g/mol. The van der Waals surface area contributed by atoms with Crippen LogP contribution in [0.5, 0.6) is 0 Å². The molecule has 0 radical (unpaired) electrons. The molecule has 1 aliphatic carbocycles. The van der Waals surface area contributed by atoms with Crippen molar-refractivity contribution in [3.63, 3.8) is 0 Å². The third kappa shape index (κ3) is 4.65. The van der Waals surface area contributed by atoms with Crippen molar-refractivity contribution >= 4 is 45.7 Å². The maximum Gasteiger partial charge on any atom is 0.338 e. The van der Waals surface area contributed by atoms with Crippen LogP contribution in [-0.2, 0) is 22.4 Å². The summed E-state index contributed by atoms with van der Waals surface area (Å²) < 4.78 is 6.84. The summed E-state index contributed by atoms with van der Waals surface area (Å²) in [5.41, 5.74) is 9.40. The maximum atomic E-state index is 12.4. The molecule has 0 saturated carbocycles. The van der Waals surface area contributed by atoms with Crippen LogP contribution in [0.3, 0.4) is 0 Å². The molecule has 0 saturated heterocycles. The third-order valence-electron chi connectivity index (χ3n) is 5.56. The largest absolute Gasteiger partial charge is 0.452 e. The van der Waals surface area contributed by atoms with Gasteiger partial charge in [-0.2, -0.15) is 5.10 Å². The first-order valence-corrected chi connectivity index (χ1v) is 11.7. The van der Waals surface area contributed by atoms with Gasteiger partial charge in [-0.25, -0.2) is 9.48 Å². The Morgan fingerprint density at radius 3 is 2.52 bits per heavy atom. The number of anilines is 1. The molecule has 0 aliphatic heterocycles. The van der Waals surface area contributed by atoms with E-state index in [9.17, 15) is 14.4 Å². The zero-order valence-corrected chi connectivity index (χ0v) is 19.8. The monoisotopic (exact) mass is 486 g/mol. The fourth-order valence-electron chi connectivity index (χ4n) is 3.91. The van der Waals surface area contributed by atoms with Crippen LogP contribution < -0.4 is 11.1 Å². The second-order valence-corrected chi connectivity index (χ2v) is 9.33. The number of ether oxygens (including phenoxy) is 1. The van der Waals surface area contributed by atoms with Gasteiger partial charge in [-0.1, -0.05) is 11.6 Å². The van der Waals surface area contributed by atoms with Gasteiger partial charge < -0.3 is 15.8 Å². The molecule has 0 spiro atoms. The van der Waals surface area contributed by atoms with Gasteiger partial charge in [-0.15, -0.1) is 11.3 Å². The molecule has 0 unspecified atom stereocenters. The standard InChI is InChI=1S/C23H23ClN4O4S/c1-12-20(24)13(2)28(27-12)15-9-7-14(8-10-15)23(31)32-11-18(29)26-22-19(21(25)30)16-5-3-4-6-17(16)33-22/h7-10H,3-6,11H2,1-2H3,(H2,25,30)(H,26,29). The summed E-state index contributed by atoms with van der Waals surface area (Å²) in [5, 5.41) is 8.07. The fraction of sp³-hybridized carbons (Fsp3) is 0.304. The average Bonchev–Trinajstić information content (AvgIpc) is 3.29. The van der Waals surface area contributed by atoms with E-state index >= 15 is 0 Å². The number of hydrogen-bond acceptors (Lipinski definition) is 6. The lowest BCUT2D eigenvalue weighted by Gasteiger charge is -2.11. The van der Waals surface area contributed by atoms with Crippen LogP contribution in [0.4, 0.5) is 5.00 Å². The number of thiophene rings is 1. The first-order valence-electron chi connectivity index (χ1n) is 10.5.